The molecular weight excluding hydrogens is 282 g/mol. The Balaban J connectivity index is 1.87. The third-order valence-corrected chi connectivity index (χ3v) is 2.99. The zero-order valence-electron chi connectivity index (χ0n) is 10.9. The van der Waals surface area contributed by atoms with Gasteiger partial charge in [-0.1, -0.05) is 0 Å². The van der Waals surface area contributed by atoms with Crippen molar-refractivity contribution < 1.29 is 23.0 Å². The average molecular weight is 292 g/mol. The van der Waals surface area contributed by atoms with Crippen LogP contribution in [0.1, 0.15) is 10.4 Å². The van der Waals surface area contributed by atoms with Gasteiger partial charge in [0, 0.05) is 18.8 Å². The van der Waals surface area contributed by atoms with Gasteiger partial charge in [0.25, 0.3) is 5.91 Å². The highest BCUT2D eigenvalue weighted by Crippen LogP contribution is 2.41. The van der Waals surface area contributed by atoms with E-state index in [1.165, 1.54) is 29.3 Å². The molecule has 3 rings (SSSR count). The number of pyridine rings is 1. The van der Waals surface area contributed by atoms with Gasteiger partial charge in [-0.15, -0.1) is 8.78 Å². The van der Waals surface area contributed by atoms with Crippen molar-refractivity contribution in [3.8, 4) is 11.5 Å². The highest BCUT2D eigenvalue weighted by Gasteiger charge is 2.43. The summed E-state index contributed by atoms with van der Waals surface area (Å²) in [5.41, 5.74) is 0.798. The molecule has 108 valence electrons. The summed E-state index contributed by atoms with van der Waals surface area (Å²) >= 11 is 0. The molecule has 5 nitrogen and oxygen atoms in total. The van der Waals surface area contributed by atoms with Crippen LogP contribution in [0.3, 0.4) is 0 Å². The minimum atomic E-state index is -3.70. The molecule has 0 radical (unpaired) electrons. The lowest BCUT2D eigenvalue weighted by Gasteiger charge is -2.16. The lowest BCUT2D eigenvalue weighted by atomic mass is 10.1. The van der Waals surface area contributed by atoms with E-state index >= 15 is 0 Å². The second-order valence-electron chi connectivity index (χ2n) is 4.40. The Morgan fingerprint density at radius 1 is 1.24 bits per heavy atom. The Morgan fingerprint density at radius 3 is 2.71 bits per heavy atom. The van der Waals surface area contributed by atoms with E-state index in [0.717, 1.165) is 0 Å². The van der Waals surface area contributed by atoms with Gasteiger partial charge in [0.15, 0.2) is 11.5 Å². The van der Waals surface area contributed by atoms with Crippen LogP contribution in [0, 0.1) is 0 Å². The van der Waals surface area contributed by atoms with Gasteiger partial charge >= 0.3 is 6.29 Å². The first-order valence-electron chi connectivity index (χ1n) is 6.04. The molecule has 0 unspecified atom stereocenters. The van der Waals surface area contributed by atoms with Crippen LogP contribution in [0.5, 0.6) is 11.5 Å². The zero-order chi connectivity index (χ0) is 15.0. The smallest absolute Gasteiger partial charge is 0.395 e. The molecule has 0 aliphatic carbocycles. The van der Waals surface area contributed by atoms with Crippen LogP contribution < -0.4 is 14.4 Å². The fraction of sp³-hybridized carbons (Fsp3) is 0.143. The van der Waals surface area contributed by atoms with Crippen LogP contribution in [0.25, 0.3) is 0 Å². The van der Waals surface area contributed by atoms with E-state index in [4.69, 9.17) is 0 Å². The second-order valence-corrected chi connectivity index (χ2v) is 4.40. The zero-order valence-corrected chi connectivity index (χ0v) is 10.9. The quantitative estimate of drug-likeness (QED) is 0.854. The number of ether oxygens (including phenoxy) is 2. The minimum absolute atomic E-state index is 0.0967. The highest BCUT2D eigenvalue weighted by molar-refractivity contribution is 6.06. The fourth-order valence-corrected chi connectivity index (χ4v) is 1.95. The monoisotopic (exact) mass is 292 g/mol. The van der Waals surface area contributed by atoms with Crippen molar-refractivity contribution in [1.82, 2.24) is 4.98 Å². The second kappa shape index (κ2) is 4.69. The van der Waals surface area contributed by atoms with Crippen molar-refractivity contribution in [2.24, 2.45) is 0 Å². The van der Waals surface area contributed by atoms with Gasteiger partial charge < -0.3 is 14.4 Å². The molecule has 1 aliphatic heterocycles. The Morgan fingerprint density at radius 2 is 2.00 bits per heavy atom. The molecule has 0 N–H and O–H groups in total. The topological polar surface area (TPSA) is 51.7 Å². The molecule has 0 fully saturated rings. The molecule has 1 aromatic heterocycles. The molecule has 1 amide bonds. The van der Waals surface area contributed by atoms with Crippen molar-refractivity contribution >= 4 is 11.6 Å². The first-order valence-corrected chi connectivity index (χ1v) is 6.04. The molecule has 0 spiro atoms. The Labute approximate surface area is 118 Å². The maximum Gasteiger partial charge on any atom is 0.586 e. The van der Waals surface area contributed by atoms with Gasteiger partial charge in [0.05, 0.1) is 11.9 Å². The van der Waals surface area contributed by atoms with Gasteiger partial charge in [-0.25, -0.2) is 0 Å². The largest absolute Gasteiger partial charge is 0.586 e. The minimum Gasteiger partial charge on any atom is -0.395 e. The maximum absolute atomic E-state index is 12.9. The van der Waals surface area contributed by atoms with E-state index in [2.05, 4.69) is 14.5 Å². The molecule has 2 heterocycles. The number of carbonyl (C=O) groups excluding carboxylic acids is 1. The number of aromatic nitrogens is 1. The number of anilines is 1. The molecule has 2 aromatic rings. The highest BCUT2D eigenvalue weighted by atomic mass is 19.3. The van der Waals surface area contributed by atoms with E-state index in [1.54, 1.807) is 25.4 Å². The Hall–Kier alpha value is -2.70. The molecule has 1 aromatic carbocycles. The normalized spacial score (nSPS) is 14.8. The number of alkyl halides is 2. The number of benzene rings is 1. The van der Waals surface area contributed by atoms with Crippen LogP contribution in [0.4, 0.5) is 14.5 Å². The summed E-state index contributed by atoms with van der Waals surface area (Å²) in [6.45, 7) is 0. The summed E-state index contributed by atoms with van der Waals surface area (Å²) < 4.78 is 34.5. The van der Waals surface area contributed by atoms with Gasteiger partial charge in [-0.05, 0) is 30.3 Å². The van der Waals surface area contributed by atoms with Crippen molar-refractivity contribution in [2.75, 3.05) is 11.9 Å². The third kappa shape index (κ3) is 2.49. The van der Waals surface area contributed by atoms with Crippen LogP contribution in [-0.4, -0.2) is 24.2 Å². The van der Waals surface area contributed by atoms with Gasteiger partial charge in [-0.3, -0.25) is 9.78 Å². The van der Waals surface area contributed by atoms with E-state index in [0.29, 0.717) is 5.69 Å². The molecular formula is C14H10F2N2O3. The van der Waals surface area contributed by atoms with Gasteiger partial charge in [-0.2, -0.15) is 0 Å². The molecule has 1 aliphatic rings. The van der Waals surface area contributed by atoms with Crippen LogP contribution >= 0.6 is 0 Å². The summed E-state index contributed by atoms with van der Waals surface area (Å²) in [4.78, 5) is 17.6. The van der Waals surface area contributed by atoms with Crippen molar-refractivity contribution in [2.45, 2.75) is 6.29 Å². The molecule has 7 heteroatoms. The van der Waals surface area contributed by atoms with Crippen molar-refractivity contribution in [3.63, 3.8) is 0 Å². The number of nitrogens with zero attached hydrogens (tertiary/aromatic N) is 2. The summed E-state index contributed by atoms with van der Waals surface area (Å²) in [5.74, 6) is -0.629. The summed E-state index contributed by atoms with van der Waals surface area (Å²) in [7, 11) is 1.57. The number of rotatable bonds is 2. The molecule has 0 bridgehead atoms. The molecule has 21 heavy (non-hydrogen) atoms. The number of hydrogen-bond acceptors (Lipinski definition) is 4. The lowest BCUT2D eigenvalue weighted by Crippen LogP contribution is -2.26. The lowest BCUT2D eigenvalue weighted by molar-refractivity contribution is -0.286. The van der Waals surface area contributed by atoms with Gasteiger partial charge in [0.2, 0.25) is 0 Å². The van der Waals surface area contributed by atoms with Crippen LogP contribution in [0.15, 0.2) is 42.7 Å². The van der Waals surface area contributed by atoms with Crippen LogP contribution in [-0.2, 0) is 0 Å². The first kappa shape index (κ1) is 13.3. The summed E-state index contributed by atoms with van der Waals surface area (Å²) in [6.07, 6.45) is -0.581. The predicted octanol–water partition coefficient (Wildman–Crippen LogP) is 2.68. The van der Waals surface area contributed by atoms with E-state index in [1.807, 2.05) is 0 Å². The Kier molecular flexibility index (Phi) is 2.97. The number of hydrogen-bond donors (Lipinski definition) is 0. The van der Waals surface area contributed by atoms with Crippen molar-refractivity contribution in [3.05, 3.63) is 48.3 Å². The fourth-order valence-electron chi connectivity index (χ4n) is 1.95. The number of amides is 1. The van der Waals surface area contributed by atoms with Crippen molar-refractivity contribution in [1.29, 1.82) is 0 Å². The Bertz CT molecular complexity index is 692. The third-order valence-electron chi connectivity index (χ3n) is 2.99. The van der Waals surface area contributed by atoms with Gasteiger partial charge in [0.1, 0.15) is 0 Å². The summed E-state index contributed by atoms with van der Waals surface area (Å²) in [6, 6.07) is 7.32. The van der Waals surface area contributed by atoms with E-state index in [-0.39, 0.29) is 23.0 Å². The maximum atomic E-state index is 12.9. The SMILES string of the molecule is CN(C(=O)c1ccc2c(c1)OC(F)(F)O2)c1cccnc1. The first-order chi connectivity index (χ1) is 9.96. The molecule has 0 saturated heterocycles. The molecule has 0 saturated carbocycles. The number of halogens is 2. The number of fused-ring (bicyclic) bond motifs is 1. The van der Waals surface area contributed by atoms with E-state index in [9.17, 15) is 13.6 Å². The molecule has 0 atom stereocenters. The predicted molar refractivity (Wildman–Crippen MR) is 69.6 cm³/mol. The van der Waals surface area contributed by atoms with Crippen LogP contribution in [0.2, 0.25) is 0 Å². The average Bonchev–Trinajstić information content (AvgIpc) is 2.79. The summed E-state index contributed by atoms with van der Waals surface area (Å²) in [5, 5.41) is 0. The number of carbonyl (C=O) groups is 1. The standard InChI is InChI=1S/C14H10F2N2O3/c1-18(10-3-2-6-17-8-10)13(19)9-4-5-11-12(7-9)21-14(15,16)20-11/h2-8H,1H3. The van der Waals surface area contributed by atoms with E-state index < -0.39 is 6.29 Å².